The van der Waals surface area contributed by atoms with Crippen molar-refractivity contribution in [2.45, 2.75) is 0 Å². The monoisotopic (exact) mass is 582 g/mol. The Hall–Kier alpha value is -5.79. The summed E-state index contributed by atoms with van der Waals surface area (Å²) in [6.45, 7) is 0. The van der Waals surface area contributed by atoms with Crippen LogP contribution in [0.2, 0.25) is 0 Å². The van der Waals surface area contributed by atoms with E-state index >= 15 is 0 Å². The van der Waals surface area contributed by atoms with E-state index in [1.165, 1.54) is 5.56 Å². The Labute approximate surface area is 256 Å². The average Bonchev–Trinajstić information content (AvgIpc) is 3.62. The third kappa shape index (κ3) is 3.98. The molecule has 0 fully saturated rings. The van der Waals surface area contributed by atoms with Crippen LogP contribution in [0.3, 0.4) is 0 Å². The summed E-state index contributed by atoms with van der Waals surface area (Å²) in [5.74, 6) is 1.83. The lowest BCUT2D eigenvalue weighted by Crippen LogP contribution is -2.06. The first-order valence-electron chi connectivity index (χ1n) is 14.3. The fraction of sp³-hybridized carbons (Fsp3) is 0. The quantitative estimate of drug-likeness (QED) is 0.207. The van der Waals surface area contributed by atoms with Gasteiger partial charge >= 0.3 is 0 Å². The van der Waals surface area contributed by atoms with Crippen molar-refractivity contribution in [3.63, 3.8) is 0 Å². The minimum atomic E-state index is 0.576. The van der Waals surface area contributed by atoms with E-state index in [1.54, 1.807) is 17.7 Å². The van der Waals surface area contributed by atoms with Gasteiger partial charge in [-0.25, -0.2) is 15.0 Å². The molecule has 0 saturated heterocycles. The fourth-order valence-corrected chi connectivity index (χ4v) is 6.99. The molecular formula is C37H22N6S. The van der Waals surface area contributed by atoms with Gasteiger partial charge in [-0.15, -0.1) is 11.3 Å². The summed E-state index contributed by atoms with van der Waals surface area (Å²) in [7, 11) is 0. The molecule has 5 aromatic carbocycles. The molecule has 206 valence electrons. The Morgan fingerprint density at radius 3 is 1.91 bits per heavy atom. The molecule has 0 aliphatic carbocycles. The predicted molar refractivity (Wildman–Crippen MR) is 179 cm³/mol. The maximum absolute atomic E-state index is 5.12. The molecule has 0 spiro atoms. The van der Waals surface area contributed by atoms with Gasteiger partial charge in [-0.05, 0) is 29.3 Å². The zero-order valence-electron chi connectivity index (χ0n) is 23.3. The SMILES string of the molecule is c1ccc(-c2ccc(-c3nc(-c4ccccc4)nc(-n4c5ccccc5c5cc6c(cc54)sc4cncnc46)n3)cc2)cc1. The first kappa shape index (κ1) is 24.8. The van der Waals surface area contributed by atoms with E-state index in [0.29, 0.717) is 17.6 Å². The van der Waals surface area contributed by atoms with Crippen molar-refractivity contribution in [2.75, 3.05) is 0 Å². The van der Waals surface area contributed by atoms with Gasteiger partial charge < -0.3 is 0 Å². The first-order valence-corrected chi connectivity index (χ1v) is 15.1. The van der Waals surface area contributed by atoms with Crippen molar-refractivity contribution in [1.82, 2.24) is 29.5 Å². The summed E-state index contributed by atoms with van der Waals surface area (Å²) >= 11 is 1.70. The van der Waals surface area contributed by atoms with E-state index in [1.807, 2.05) is 42.6 Å². The van der Waals surface area contributed by atoms with E-state index in [-0.39, 0.29) is 0 Å². The first-order chi connectivity index (χ1) is 21.8. The van der Waals surface area contributed by atoms with Crippen LogP contribution in [-0.4, -0.2) is 29.5 Å². The number of fused-ring (bicyclic) bond motifs is 6. The van der Waals surface area contributed by atoms with E-state index in [0.717, 1.165) is 58.8 Å². The molecular weight excluding hydrogens is 561 g/mol. The van der Waals surface area contributed by atoms with Gasteiger partial charge in [0.1, 0.15) is 6.33 Å². The molecule has 0 amide bonds. The van der Waals surface area contributed by atoms with Crippen molar-refractivity contribution in [3.05, 3.63) is 134 Å². The van der Waals surface area contributed by atoms with E-state index in [2.05, 4.69) is 99.5 Å². The van der Waals surface area contributed by atoms with Gasteiger partial charge in [-0.1, -0.05) is 103 Å². The summed E-state index contributed by atoms with van der Waals surface area (Å²) < 4.78 is 4.38. The van der Waals surface area contributed by atoms with Crippen LogP contribution in [0.15, 0.2) is 134 Å². The van der Waals surface area contributed by atoms with Crippen molar-refractivity contribution in [3.8, 4) is 39.9 Å². The van der Waals surface area contributed by atoms with E-state index in [4.69, 9.17) is 15.0 Å². The molecule has 4 aromatic heterocycles. The molecule has 0 unspecified atom stereocenters. The third-order valence-corrected chi connectivity index (χ3v) is 9.11. The Morgan fingerprint density at radius 2 is 1.14 bits per heavy atom. The molecule has 0 aliphatic heterocycles. The topological polar surface area (TPSA) is 69.4 Å². The second-order valence-corrected chi connectivity index (χ2v) is 11.7. The lowest BCUT2D eigenvalue weighted by molar-refractivity contribution is 0.954. The van der Waals surface area contributed by atoms with Crippen LogP contribution in [0.25, 0.3) is 82.0 Å². The number of hydrogen-bond donors (Lipinski definition) is 0. The highest BCUT2D eigenvalue weighted by atomic mass is 32.1. The molecule has 0 bridgehead atoms. The summed E-state index contributed by atoms with van der Waals surface area (Å²) in [4.78, 5) is 24.0. The maximum atomic E-state index is 5.12. The van der Waals surface area contributed by atoms with Gasteiger partial charge in [0.15, 0.2) is 11.6 Å². The van der Waals surface area contributed by atoms with Gasteiger partial charge in [0.25, 0.3) is 0 Å². The number of para-hydroxylation sites is 1. The number of benzene rings is 5. The molecule has 0 N–H and O–H groups in total. The maximum Gasteiger partial charge on any atom is 0.238 e. The Balaban J connectivity index is 1.30. The van der Waals surface area contributed by atoms with Crippen LogP contribution < -0.4 is 0 Å². The molecule has 4 heterocycles. The summed E-state index contributed by atoms with van der Waals surface area (Å²) in [6, 6.07) is 41.8. The van der Waals surface area contributed by atoms with Gasteiger partial charge in [-0.2, -0.15) is 9.97 Å². The predicted octanol–water partition coefficient (Wildman–Crippen LogP) is 9.13. The summed E-state index contributed by atoms with van der Waals surface area (Å²) in [5, 5.41) is 3.39. The molecule has 0 atom stereocenters. The van der Waals surface area contributed by atoms with Crippen molar-refractivity contribution >= 4 is 53.4 Å². The Morgan fingerprint density at radius 1 is 0.500 bits per heavy atom. The third-order valence-electron chi connectivity index (χ3n) is 8.03. The molecule has 0 aliphatic rings. The highest BCUT2D eigenvalue weighted by Crippen LogP contribution is 2.39. The van der Waals surface area contributed by atoms with Crippen LogP contribution in [0.1, 0.15) is 0 Å². The van der Waals surface area contributed by atoms with Crippen LogP contribution >= 0.6 is 11.3 Å². The lowest BCUT2D eigenvalue weighted by Gasteiger charge is -2.11. The number of hydrogen-bond acceptors (Lipinski definition) is 6. The minimum absolute atomic E-state index is 0.576. The standard InChI is InChI=1S/C37H22N6S/c1-3-9-23(10-4-1)24-15-17-26(18-16-24)36-40-35(25-11-5-2-6-12-25)41-37(42-36)43-30-14-8-7-13-27(30)28-19-29-32(20-31(28)43)44-33-21-38-22-39-34(29)33/h1-22H. The van der Waals surface area contributed by atoms with Crippen LogP contribution in [-0.2, 0) is 0 Å². The molecule has 0 saturated carbocycles. The molecule has 9 aromatic rings. The number of rotatable bonds is 4. The van der Waals surface area contributed by atoms with E-state index < -0.39 is 0 Å². The van der Waals surface area contributed by atoms with Gasteiger partial charge in [0.05, 0.1) is 21.3 Å². The normalized spacial score (nSPS) is 11.6. The summed E-state index contributed by atoms with van der Waals surface area (Å²) in [6.07, 6.45) is 3.50. The summed E-state index contributed by atoms with van der Waals surface area (Å²) in [5.41, 5.74) is 7.23. The highest BCUT2D eigenvalue weighted by molar-refractivity contribution is 7.25. The number of aromatic nitrogens is 6. The Bertz CT molecular complexity index is 2480. The average molecular weight is 583 g/mol. The van der Waals surface area contributed by atoms with Gasteiger partial charge in [0, 0.05) is 38.2 Å². The molecule has 0 radical (unpaired) electrons. The number of thiophene rings is 1. The molecule has 7 heteroatoms. The van der Waals surface area contributed by atoms with Crippen molar-refractivity contribution in [2.24, 2.45) is 0 Å². The smallest absolute Gasteiger partial charge is 0.238 e. The zero-order valence-corrected chi connectivity index (χ0v) is 24.1. The molecule has 9 rings (SSSR count). The fourth-order valence-electron chi connectivity index (χ4n) is 5.95. The van der Waals surface area contributed by atoms with Crippen LogP contribution in [0.5, 0.6) is 0 Å². The Kier molecular flexibility index (Phi) is 5.57. The largest absolute Gasteiger partial charge is 0.278 e. The van der Waals surface area contributed by atoms with Crippen molar-refractivity contribution in [1.29, 1.82) is 0 Å². The second-order valence-electron chi connectivity index (χ2n) is 10.6. The second kappa shape index (κ2) is 9.90. The van der Waals surface area contributed by atoms with Gasteiger partial charge in [0.2, 0.25) is 5.95 Å². The van der Waals surface area contributed by atoms with Crippen LogP contribution in [0, 0.1) is 0 Å². The zero-order chi connectivity index (χ0) is 29.0. The van der Waals surface area contributed by atoms with Crippen molar-refractivity contribution < 1.29 is 0 Å². The van der Waals surface area contributed by atoms with E-state index in [9.17, 15) is 0 Å². The molecule has 6 nitrogen and oxygen atoms in total. The molecule has 44 heavy (non-hydrogen) atoms. The highest BCUT2D eigenvalue weighted by Gasteiger charge is 2.19. The lowest BCUT2D eigenvalue weighted by atomic mass is 10.0. The number of nitrogens with zero attached hydrogens (tertiary/aromatic N) is 6. The van der Waals surface area contributed by atoms with Crippen LogP contribution in [0.4, 0.5) is 0 Å². The minimum Gasteiger partial charge on any atom is -0.278 e. The van der Waals surface area contributed by atoms with Gasteiger partial charge in [-0.3, -0.25) is 4.57 Å².